The Balaban J connectivity index is 2.85. The van der Waals surface area contributed by atoms with E-state index >= 15 is 0 Å². The molecule has 0 aliphatic carbocycles. The first-order chi connectivity index (χ1) is 10.1. The highest BCUT2D eigenvalue weighted by Gasteiger charge is 2.48. The normalized spacial score (nSPS) is 14.2. The van der Waals surface area contributed by atoms with Crippen LogP contribution in [-0.2, 0) is 4.12 Å². The summed E-state index contributed by atoms with van der Waals surface area (Å²) in [7, 11) is -18.6. The Hall–Kier alpha value is -0.352. The minimum atomic E-state index is -4.79. The lowest BCUT2D eigenvalue weighted by molar-refractivity contribution is 0.163. The van der Waals surface area contributed by atoms with E-state index in [0.717, 1.165) is 24.3 Å². The van der Waals surface area contributed by atoms with Crippen molar-refractivity contribution in [3.05, 3.63) is 24.3 Å². The van der Waals surface area contributed by atoms with E-state index in [2.05, 4.69) is 4.12 Å². The van der Waals surface area contributed by atoms with E-state index < -0.39 is 47.3 Å². The van der Waals surface area contributed by atoms with Crippen LogP contribution in [0.15, 0.2) is 24.3 Å². The number of hydrogen-bond donors (Lipinski definition) is 10. The van der Waals surface area contributed by atoms with Gasteiger partial charge in [-0.1, -0.05) is 24.3 Å². The monoisotopic (exact) mass is 402 g/mol. The smallest absolute Gasteiger partial charge is 0.390 e. The van der Waals surface area contributed by atoms with Gasteiger partial charge in [0, 0.05) is 22.5 Å². The predicted octanol–water partition coefficient (Wildman–Crippen LogP) is -6.20. The molecule has 23 heavy (non-hydrogen) atoms. The highest BCUT2D eigenvalue weighted by Crippen LogP contribution is 2.15. The molecule has 132 valence electrons. The second kappa shape index (κ2) is 6.87. The zero-order valence-electron chi connectivity index (χ0n) is 11.6. The number of benzene rings is 1. The Morgan fingerprint density at radius 1 is 0.652 bits per heavy atom. The van der Waals surface area contributed by atoms with Crippen molar-refractivity contribution in [2.24, 2.45) is 0 Å². The van der Waals surface area contributed by atoms with Crippen LogP contribution in [0.4, 0.5) is 0 Å². The fourth-order valence-electron chi connectivity index (χ4n) is 1.58. The summed E-state index contributed by atoms with van der Waals surface area (Å²) in [6.07, 6.45) is 0. The Bertz CT molecular complexity index is 520. The third kappa shape index (κ3) is 6.96. The summed E-state index contributed by atoms with van der Waals surface area (Å²) in [5, 5.41) is -0.515. The minimum Gasteiger partial charge on any atom is -0.390 e. The summed E-state index contributed by atoms with van der Waals surface area (Å²) in [4.78, 5) is 92.7. The third-order valence-electron chi connectivity index (χ3n) is 2.74. The van der Waals surface area contributed by atoms with Gasteiger partial charge in [-0.2, -0.15) is 0 Å². The number of hydrogen-bond acceptors (Lipinski definition) is 11. The Morgan fingerprint density at radius 2 is 1.09 bits per heavy atom. The molecule has 0 amide bonds. The molecule has 0 aliphatic heterocycles. The summed E-state index contributed by atoms with van der Waals surface area (Å²) in [5.41, 5.74) is 0. The average molecular weight is 403 g/mol. The quantitative estimate of drug-likeness (QED) is 0.194. The highest BCUT2D eigenvalue weighted by atomic mass is 28.5. The molecule has 0 heterocycles. The van der Waals surface area contributed by atoms with Crippen LogP contribution in [0.25, 0.3) is 0 Å². The largest absolute Gasteiger partial charge is 0.528 e. The Kier molecular flexibility index (Phi) is 6.18. The van der Waals surface area contributed by atoms with Gasteiger partial charge in [-0.25, -0.2) is 0 Å². The molecule has 0 spiro atoms. The van der Waals surface area contributed by atoms with Crippen molar-refractivity contribution in [2.45, 2.75) is 12.1 Å². The van der Waals surface area contributed by atoms with E-state index in [1.165, 1.54) is 0 Å². The molecule has 0 saturated carbocycles. The van der Waals surface area contributed by atoms with Crippen LogP contribution in [0.5, 0.6) is 0 Å². The van der Waals surface area contributed by atoms with Crippen molar-refractivity contribution in [1.82, 2.24) is 0 Å². The minimum absolute atomic E-state index is 0.237. The topological polar surface area (TPSA) is 212 Å². The van der Waals surface area contributed by atoms with Gasteiger partial charge >= 0.3 is 35.2 Å². The van der Waals surface area contributed by atoms with Crippen molar-refractivity contribution < 1.29 is 52.1 Å². The Morgan fingerprint density at radius 3 is 1.48 bits per heavy atom. The first kappa shape index (κ1) is 20.7. The highest BCUT2D eigenvalue weighted by molar-refractivity contribution is 6.81. The van der Waals surface area contributed by atoms with Gasteiger partial charge in [0.15, 0.2) is 0 Å². The van der Waals surface area contributed by atoms with Crippen molar-refractivity contribution in [3.8, 4) is 0 Å². The van der Waals surface area contributed by atoms with Gasteiger partial charge in [0.25, 0.3) is 0 Å². The van der Waals surface area contributed by atoms with E-state index in [9.17, 15) is 19.2 Å². The van der Waals surface area contributed by atoms with Crippen LogP contribution in [0, 0.1) is 0 Å². The molecule has 11 nitrogen and oxygen atoms in total. The van der Waals surface area contributed by atoms with Gasteiger partial charge < -0.3 is 52.1 Å². The lowest BCUT2D eigenvalue weighted by Crippen LogP contribution is -2.61. The molecular formula is C8H18O11Si4. The van der Waals surface area contributed by atoms with E-state index in [0.29, 0.717) is 0 Å². The molecule has 0 aromatic heterocycles. The first-order valence-corrected chi connectivity index (χ1v) is 13.9. The molecule has 0 unspecified atom stereocenters. The van der Waals surface area contributed by atoms with Gasteiger partial charge in [-0.15, -0.1) is 0 Å². The fourth-order valence-corrected chi connectivity index (χ4v) is 8.14. The summed E-state index contributed by atoms with van der Waals surface area (Å²) in [5.74, 6) is 0. The van der Waals surface area contributed by atoms with Crippen LogP contribution >= 0.6 is 0 Å². The summed E-state index contributed by atoms with van der Waals surface area (Å²) < 4.78 is 4.54. The summed E-state index contributed by atoms with van der Waals surface area (Å²) in [6, 6.07) is 2.48. The molecule has 0 bridgehead atoms. The molecular weight excluding hydrogens is 384 g/mol. The summed E-state index contributed by atoms with van der Waals surface area (Å²) in [6.45, 7) is 0. The lowest BCUT2D eigenvalue weighted by atomic mass is 10.4. The van der Waals surface area contributed by atoms with E-state index in [4.69, 9.17) is 28.8 Å². The average Bonchev–Trinajstić information content (AvgIpc) is 2.34. The molecule has 1 aromatic rings. The first-order valence-electron chi connectivity index (χ1n) is 6.17. The maximum Gasteiger partial charge on any atom is 0.528 e. The predicted molar refractivity (Wildman–Crippen MR) is 81.6 cm³/mol. The van der Waals surface area contributed by atoms with Crippen molar-refractivity contribution in [3.63, 3.8) is 0 Å². The maximum absolute atomic E-state index is 9.88. The standard InChI is InChI=1S/C8H18O11Si4/c9-20(10,11)5-6-21(12,13)19-23(17,18)8-3-1-7(2-4-8)22(14,15)16/h1-4,9-18H,5-6H2. The lowest BCUT2D eigenvalue weighted by Gasteiger charge is -2.26. The van der Waals surface area contributed by atoms with E-state index in [1.54, 1.807) is 0 Å². The van der Waals surface area contributed by atoms with Crippen LogP contribution in [0.1, 0.15) is 0 Å². The van der Waals surface area contributed by atoms with Crippen molar-refractivity contribution >= 4 is 45.6 Å². The molecule has 1 aromatic carbocycles. The SMILES string of the molecule is O[Si](O)(O)CC[Si](O)(O)O[Si](O)(O)c1ccc([Si](O)(O)O)cc1. The van der Waals surface area contributed by atoms with Crippen LogP contribution < -0.4 is 10.4 Å². The second-order valence-electron chi connectivity index (χ2n) is 4.94. The van der Waals surface area contributed by atoms with Crippen LogP contribution in [0.3, 0.4) is 0 Å². The summed E-state index contributed by atoms with van der Waals surface area (Å²) >= 11 is 0. The maximum atomic E-state index is 9.88. The molecule has 0 atom stereocenters. The molecule has 0 fully saturated rings. The molecule has 1 rings (SSSR count). The van der Waals surface area contributed by atoms with Crippen molar-refractivity contribution in [2.75, 3.05) is 0 Å². The van der Waals surface area contributed by atoms with Gasteiger partial charge in [0.2, 0.25) is 0 Å². The van der Waals surface area contributed by atoms with Crippen LogP contribution in [-0.4, -0.2) is 83.2 Å². The number of rotatable bonds is 7. The molecule has 15 heteroatoms. The molecule has 0 radical (unpaired) electrons. The van der Waals surface area contributed by atoms with Crippen molar-refractivity contribution in [1.29, 1.82) is 0 Å². The zero-order chi connectivity index (χ0) is 18.1. The molecule has 0 saturated heterocycles. The zero-order valence-corrected chi connectivity index (χ0v) is 15.6. The fraction of sp³-hybridized carbons (Fsp3) is 0.250. The van der Waals surface area contributed by atoms with Gasteiger partial charge in [0.1, 0.15) is 0 Å². The van der Waals surface area contributed by atoms with Gasteiger partial charge in [-0.05, 0) is 0 Å². The third-order valence-corrected chi connectivity index (χ3v) is 9.70. The molecule has 0 aliphatic rings. The van der Waals surface area contributed by atoms with Crippen LogP contribution in [0.2, 0.25) is 12.1 Å². The molecule has 10 N–H and O–H groups in total. The Labute approximate surface area is 134 Å². The van der Waals surface area contributed by atoms with E-state index in [-0.39, 0.29) is 10.4 Å². The second-order valence-corrected chi connectivity index (χ2v) is 13.4. The van der Waals surface area contributed by atoms with Gasteiger partial charge in [0.05, 0.1) is 0 Å². The van der Waals surface area contributed by atoms with E-state index in [1.807, 2.05) is 0 Å². The van der Waals surface area contributed by atoms with Gasteiger partial charge in [-0.3, -0.25) is 0 Å².